The topological polar surface area (TPSA) is 175 Å². The molecule has 0 bridgehead atoms. The van der Waals surface area contributed by atoms with Gasteiger partial charge in [-0.05, 0) is 77.0 Å². The second-order valence-electron chi connectivity index (χ2n) is 19.3. The molecule has 1 amide bonds. The van der Waals surface area contributed by atoms with E-state index in [2.05, 4.69) is 62.5 Å². The predicted molar refractivity (Wildman–Crippen MR) is 278 cm³/mol. The first kappa shape index (κ1) is 63.6. The minimum Gasteiger partial charge on any atom is -0.454 e. The number of aliphatic hydroxyl groups excluding tert-OH is 5. The van der Waals surface area contributed by atoms with Crippen molar-refractivity contribution in [2.45, 2.75) is 288 Å². The molecule has 0 saturated carbocycles. The zero-order chi connectivity index (χ0) is 49.7. The highest BCUT2D eigenvalue weighted by Crippen LogP contribution is 2.26. The summed E-state index contributed by atoms with van der Waals surface area (Å²) in [7, 11) is 0. The van der Waals surface area contributed by atoms with E-state index in [1.165, 1.54) is 109 Å². The summed E-state index contributed by atoms with van der Waals surface area (Å²) in [5.74, 6) is -1.22. The van der Waals surface area contributed by atoms with Crippen LogP contribution in [0.1, 0.15) is 239 Å². The lowest BCUT2D eigenvalue weighted by Gasteiger charge is -2.41. The molecule has 0 aromatic carbocycles. The van der Waals surface area contributed by atoms with Gasteiger partial charge in [-0.1, -0.05) is 204 Å². The standard InChI is InChI=1S/C57H103NO10/c1-4-7-10-13-16-19-22-24-26-29-32-35-38-41-44-50(61)56(65)58-48(49(60)43-40-37-34-31-28-21-18-15-12-9-6-3)47-66-57-55(54(64)53(63)51(46-59)67-57)68-52(62)45-42-39-36-33-30-27-25-23-20-17-14-11-8-5-2/h16,19,22,24,27,30,40,43,48-51,53-55,57,59-61,63-64H,4-15,17-18,20-21,23,25-26,28-29,31-39,41-42,44-47H2,1-3H3,(H,58,65)/b19-16+,24-22+,30-27-,43-40+. The molecule has 68 heavy (non-hydrogen) atoms. The lowest BCUT2D eigenvalue weighted by atomic mass is 9.99. The van der Waals surface area contributed by atoms with Gasteiger partial charge in [-0.3, -0.25) is 9.59 Å². The third kappa shape index (κ3) is 34.0. The van der Waals surface area contributed by atoms with Gasteiger partial charge in [-0.15, -0.1) is 0 Å². The van der Waals surface area contributed by atoms with Crippen LogP contribution >= 0.6 is 0 Å². The number of aliphatic hydroxyl groups is 5. The number of ether oxygens (including phenoxy) is 3. The van der Waals surface area contributed by atoms with Crippen LogP contribution in [0.4, 0.5) is 0 Å². The van der Waals surface area contributed by atoms with Gasteiger partial charge in [0.1, 0.15) is 24.4 Å². The van der Waals surface area contributed by atoms with Gasteiger partial charge < -0.3 is 45.1 Å². The Balaban J connectivity index is 2.76. The maximum absolute atomic E-state index is 13.3. The van der Waals surface area contributed by atoms with Gasteiger partial charge in [0.25, 0.3) is 0 Å². The third-order valence-corrected chi connectivity index (χ3v) is 13.0. The van der Waals surface area contributed by atoms with Crippen molar-refractivity contribution in [3.05, 3.63) is 48.6 Å². The van der Waals surface area contributed by atoms with Gasteiger partial charge in [0.05, 0.1) is 25.4 Å². The Kier molecular flexibility index (Phi) is 42.8. The summed E-state index contributed by atoms with van der Waals surface area (Å²) in [6.45, 7) is 5.71. The summed E-state index contributed by atoms with van der Waals surface area (Å²) in [6, 6.07) is -1.03. The molecule has 0 aromatic rings. The molecule has 8 unspecified atom stereocenters. The SMILES string of the molecule is CCCCC/C=C/C=C/CCCCCCCC(O)C(=O)NC(COC1OC(CO)C(O)C(O)C1OC(=O)CCCCC/C=C\CCCCCCCCC)C(O)/C=C/CCCCCCCCCCC. The number of rotatable bonds is 46. The van der Waals surface area contributed by atoms with Gasteiger partial charge in [0.15, 0.2) is 12.4 Å². The molecular formula is C57H103NO10. The van der Waals surface area contributed by atoms with Crippen LogP contribution in [0, 0.1) is 0 Å². The monoisotopic (exact) mass is 962 g/mol. The summed E-state index contributed by atoms with van der Waals surface area (Å²) in [5.41, 5.74) is 0. The van der Waals surface area contributed by atoms with E-state index in [9.17, 15) is 35.1 Å². The molecule has 0 spiro atoms. The van der Waals surface area contributed by atoms with Gasteiger partial charge in [0, 0.05) is 6.42 Å². The van der Waals surface area contributed by atoms with Crippen molar-refractivity contribution in [2.75, 3.05) is 13.2 Å². The largest absolute Gasteiger partial charge is 0.454 e. The molecule has 1 aliphatic heterocycles. The molecule has 11 heteroatoms. The van der Waals surface area contributed by atoms with E-state index >= 15 is 0 Å². The summed E-state index contributed by atoms with van der Waals surface area (Å²) >= 11 is 0. The number of allylic oxidation sites excluding steroid dienone is 7. The zero-order valence-corrected chi connectivity index (χ0v) is 43.5. The molecule has 396 valence electrons. The van der Waals surface area contributed by atoms with Crippen molar-refractivity contribution >= 4 is 11.9 Å². The molecule has 8 atom stereocenters. The van der Waals surface area contributed by atoms with Crippen LogP contribution in [0.15, 0.2) is 48.6 Å². The molecule has 1 saturated heterocycles. The number of amides is 1. The first-order valence-electron chi connectivity index (χ1n) is 27.9. The number of esters is 1. The Bertz CT molecular complexity index is 1290. The second kappa shape index (κ2) is 45.7. The number of unbranched alkanes of at least 4 members (excludes halogenated alkanes) is 27. The number of hydrogen-bond donors (Lipinski definition) is 6. The van der Waals surface area contributed by atoms with Crippen LogP contribution in [0.2, 0.25) is 0 Å². The lowest BCUT2D eigenvalue weighted by molar-refractivity contribution is -0.305. The van der Waals surface area contributed by atoms with E-state index < -0.39 is 67.4 Å². The van der Waals surface area contributed by atoms with Crippen molar-refractivity contribution in [2.24, 2.45) is 0 Å². The van der Waals surface area contributed by atoms with Crippen LogP contribution < -0.4 is 5.32 Å². The molecule has 11 nitrogen and oxygen atoms in total. The van der Waals surface area contributed by atoms with Gasteiger partial charge >= 0.3 is 5.97 Å². The smallest absolute Gasteiger partial charge is 0.306 e. The zero-order valence-electron chi connectivity index (χ0n) is 43.5. The summed E-state index contributed by atoms with van der Waals surface area (Å²) in [6.07, 6.45) is 43.0. The fourth-order valence-corrected chi connectivity index (χ4v) is 8.46. The van der Waals surface area contributed by atoms with E-state index in [0.717, 1.165) is 83.5 Å². The minimum absolute atomic E-state index is 0.102. The summed E-state index contributed by atoms with van der Waals surface area (Å²) in [5, 5.41) is 56.7. The Morgan fingerprint density at radius 2 is 1.01 bits per heavy atom. The highest BCUT2D eigenvalue weighted by molar-refractivity contribution is 5.80. The van der Waals surface area contributed by atoms with Crippen molar-refractivity contribution in [1.82, 2.24) is 5.32 Å². The van der Waals surface area contributed by atoms with Crippen molar-refractivity contribution in [1.29, 1.82) is 0 Å². The van der Waals surface area contributed by atoms with Gasteiger partial charge in [0.2, 0.25) is 5.91 Å². The maximum atomic E-state index is 13.3. The highest BCUT2D eigenvalue weighted by atomic mass is 16.7. The molecule has 1 heterocycles. The van der Waals surface area contributed by atoms with E-state index in [1.54, 1.807) is 6.08 Å². The first-order valence-corrected chi connectivity index (χ1v) is 27.9. The lowest BCUT2D eigenvalue weighted by Crippen LogP contribution is -2.61. The predicted octanol–water partition coefficient (Wildman–Crippen LogP) is 12.1. The minimum atomic E-state index is -1.62. The highest BCUT2D eigenvalue weighted by Gasteiger charge is 2.47. The number of nitrogens with one attached hydrogen (secondary N) is 1. The number of carbonyl (C=O) groups excluding carboxylic acids is 2. The van der Waals surface area contributed by atoms with E-state index in [4.69, 9.17) is 14.2 Å². The van der Waals surface area contributed by atoms with Crippen LogP contribution in [-0.2, 0) is 23.8 Å². The number of hydrogen-bond acceptors (Lipinski definition) is 10. The molecule has 1 rings (SSSR count). The molecule has 0 aliphatic carbocycles. The van der Waals surface area contributed by atoms with E-state index in [-0.39, 0.29) is 19.4 Å². The first-order chi connectivity index (χ1) is 33.2. The van der Waals surface area contributed by atoms with Crippen LogP contribution in [0.3, 0.4) is 0 Å². The normalized spacial score (nSPS) is 20.3. The molecule has 0 aromatic heterocycles. The third-order valence-electron chi connectivity index (χ3n) is 13.0. The summed E-state index contributed by atoms with van der Waals surface area (Å²) < 4.78 is 17.5. The Morgan fingerprint density at radius 1 is 0.574 bits per heavy atom. The fourth-order valence-electron chi connectivity index (χ4n) is 8.46. The van der Waals surface area contributed by atoms with Crippen molar-refractivity contribution < 1.29 is 49.3 Å². The second-order valence-corrected chi connectivity index (χ2v) is 19.3. The fraction of sp³-hybridized carbons (Fsp3) is 0.825. The molecule has 0 radical (unpaired) electrons. The Morgan fingerprint density at radius 3 is 1.54 bits per heavy atom. The number of carbonyl (C=O) groups is 2. The molecular weight excluding hydrogens is 859 g/mol. The van der Waals surface area contributed by atoms with Gasteiger partial charge in [-0.2, -0.15) is 0 Å². The molecule has 6 N–H and O–H groups in total. The van der Waals surface area contributed by atoms with Crippen molar-refractivity contribution in [3.8, 4) is 0 Å². The average molecular weight is 962 g/mol. The van der Waals surface area contributed by atoms with Gasteiger partial charge in [-0.25, -0.2) is 0 Å². The van der Waals surface area contributed by atoms with Crippen LogP contribution in [0.5, 0.6) is 0 Å². The van der Waals surface area contributed by atoms with Crippen molar-refractivity contribution in [3.63, 3.8) is 0 Å². The quantitative estimate of drug-likeness (QED) is 0.0149. The Labute approximate surface area is 415 Å². The maximum Gasteiger partial charge on any atom is 0.306 e. The molecule has 1 fully saturated rings. The summed E-state index contributed by atoms with van der Waals surface area (Å²) in [4.78, 5) is 26.4. The molecule has 1 aliphatic rings. The van der Waals surface area contributed by atoms with E-state index in [0.29, 0.717) is 12.8 Å². The average Bonchev–Trinajstić information content (AvgIpc) is 3.33. The van der Waals surface area contributed by atoms with Crippen LogP contribution in [0.25, 0.3) is 0 Å². The van der Waals surface area contributed by atoms with Crippen LogP contribution in [-0.4, -0.2) is 99.6 Å². The van der Waals surface area contributed by atoms with E-state index in [1.807, 2.05) is 6.08 Å². The Hall–Kier alpha value is -2.38.